The van der Waals surface area contributed by atoms with Crippen molar-refractivity contribution >= 4 is 29.4 Å². The van der Waals surface area contributed by atoms with Gasteiger partial charge in [-0.3, -0.25) is 10.1 Å². The highest BCUT2D eigenvalue weighted by molar-refractivity contribution is 6.30. The van der Waals surface area contributed by atoms with Gasteiger partial charge >= 0.3 is 0 Å². The molecule has 1 aliphatic heterocycles. The molecule has 9 heteroatoms. The van der Waals surface area contributed by atoms with Gasteiger partial charge in [0.25, 0.3) is 11.9 Å². The molecule has 1 amide bonds. The molecular formula is C25H21ClFN5O2. The SMILES string of the molecule is O=C(COc1ccccc1)Nc1nc2n(n1)[C@@H](c1ccc(F)cc1)C[C@@H](c1ccc(Cl)cc1)N2. The molecule has 0 spiro atoms. The molecule has 0 fully saturated rings. The van der Waals surface area contributed by atoms with E-state index >= 15 is 0 Å². The number of hydrogen-bond donors (Lipinski definition) is 2. The number of para-hydroxylation sites is 1. The summed E-state index contributed by atoms with van der Waals surface area (Å²) in [7, 11) is 0. The third-order valence-corrected chi connectivity index (χ3v) is 5.83. The van der Waals surface area contributed by atoms with Crippen molar-refractivity contribution in [3.63, 3.8) is 0 Å². The Morgan fingerprint density at radius 3 is 2.50 bits per heavy atom. The molecule has 172 valence electrons. The smallest absolute Gasteiger partial charge is 0.264 e. The fourth-order valence-electron chi connectivity index (χ4n) is 3.93. The standard InChI is InChI=1S/C25H21ClFN5O2/c26-18-10-6-16(7-11-18)21-14-22(17-8-12-19(27)13-9-17)32-25(28-21)30-24(31-32)29-23(33)15-34-20-4-2-1-3-5-20/h1-13,21-22H,14-15H2,(H2,28,29,30,31,33)/t21-,22+/m0/s1. The molecule has 0 unspecified atom stereocenters. The normalized spacial score (nSPS) is 16.9. The Kier molecular flexibility index (Phi) is 6.14. The molecule has 0 saturated heterocycles. The van der Waals surface area contributed by atoms with Crippen LogP contribution >= 0.6 is 11.6 Å². The van der Waals surface area contributed by atoms with Crippen molar-refractivity contribution in [1.29, 1.82) is 0 Å². The molecule has 2 heterocycles. The number of carbonyl (C=O) groups excluding carboxylic acids is 1. The molecule has 5 rings (SSSR count). The first-order valence-electron chi connectivity index (χ1n) is 10.8. The number of aromatic nitrogens is 3. The fraction of sp³-hybridized carbons (Fsp3) is 0.160. The second-order valence-electron chi connectivity index (χ2n) is 7.91. The third kappa shape index (κ3) is 4.87. The number of hydrogen-bond acceptors (Lipinski definition) is 5. The zero-order valence-electron chi connectivity index (χ0n) is 18.0. The van der Waals surface area contributed by atoms with Crippen LogP contribution in [0.3, 0.4) is 0 Å². The second kappa shape index (κ2) is 9.52. The van der Waals surface area contributed by atoms with Crippen molar-refractivity contribution in [2.45, 2.75) is 18.5 Å². The van der Waals surface area contributed by atoms with E-state index in [0.29, 0.717) is 23.1 Å². The van der Waals surface area contributed by atoms with Crippen LogP contribution in [0.25, 0.3) is 0 Å². The zero-order valence-corrected chi connectivity index (χ0v) is 18.7. The van der Waals surface area contributed by atoms with Gasteiger partial charge in [0, 0.05) is 5.02 Å². The van der Waals surface area contributed by atoms with Crippen molar-refractivity contribution in [2.75, 3.05) is 17.2 Å². The lowest BCUT2D eigenvalue weighted by Crippen LogP contribution is -2.28. The van der Waals surface area contributed by atoms with E-state index in [1.807, 2.05) is 42.5 Å². The van der Waals surface area contributed by atoms with Crippen molar-refractivity contribution in [3.8, 4) is 5.75 Å². The minimum atomic E-state index is -0.376. The van der Waals surface area contributed by atoms with Crippen LogP contribution in [0, 0.1) is 5.82 Å². The predicted octanol–water partition coefficient (Wildman–Crippen LogP) is 5.23. The number of nitrogens with one attached hydrogen (secondary N) is 2. The maximum absolute atomic E-state index is 13.6. The minimum absolute atomic E-state index is 0.0750. The van der Waals surface area contributed by atoms with Crippen LogP contribution in [0.15, 0.2) is 78.9 Å². The van der Waals surface area contributed by atoms with Crippen molar-refractivity contribution in [2.24, 2.45) is 0 Å². The van der Waals surface area contributed by atoms with Crippen molar-refractivity contribution < 1.29 is 13.9 Å². The molecule has 0 aliphatic carbocycles. The van der Waals surface area contributed by atoms with E-state index in [2.05, 4.69) is 20.7 Å². The van der Waals surface area contributed by atoms with Crippen LogP contribution < -0.4 is 15.4 Å². The summed E-state index contributed by atoms with van der Waals surface area (Å²) in [6, 6.07) is 22.7. The molecule has 2 N–H and O–H groups in total. The Morgan fingerprint density at radius 2 is 1.76 bits per heavy atom. The Labute approximate surface area is 200 Å². The number of carbonyl (C=O) groups is 1. The molecule has 34 heavy (non-hydrogen) atoms. The highest BCUT2D eigenvalue weighted by Crippen LogP contribution is 2.38. The average molecular weight is 478 g/mol. The average Bonchev–Trinajstić information content (AvgIpc) is 3.26. The first-order chi connectivity index (χ1) is 16.5. The monoisotopic (exact) mass is 477 g/mol. The minimum Gasteiger partial charge on any atom is -0.484 e. The number of halogens is 2. The van der Waals surface area contributed by atoms with Gasteiger partial charge in [-0.1, -0.05) is 54.1 Å². The van der Waals surface area contributed by atoms with Gasteiger partial charge in [-0.2, -0.15) is 4.98 Å². The fourth-order valence-corrected chi connectivity index (χ4v) is 4.06. The van der Waals surface area contributed by atoms with Crippen LogP contribution in [0.5, 0.6) is 5.75 Å². The molecule has 0 radical (unpaired) electrons. The number of anilines is 2. The quantitative estimate of drug-likeness (QED) is 0.397. The van der Waals surface area contributed by atoms with Gasteiger partial charge < -0.3 is 10.1 Å². The van der Waals surface area contributed by atoms with E-state index in [9.17, 15) is 9.18 Å². The molecule has 0 bridgehead atoms. The largest absolute Gasteiger partial charge is 0.484 e. The van der Waals surface area contributed by atoms with Gasteiger partial charge in [0.15, 0.2) is 6.61 Å². The summed E-state index contributed by atoms with van der Waals surface area (Å²) in [6.45, 7) is -0.171. The molecule has 0 saturated carbocycles. The van der Waals surface area contributed by atoms with Crippen LogP contribution in [-0.4, -0.2) is 27.3 Å². The van der Waals surface area contributed by atoms with E-state index in [0.717, 1.165) is 11.1 Å². The molecule has 2 atom stereocenters. The number of nitrogens with zero attached hydrogens (tertiary/aromatic N) is 3. The number of rotatable bonds is 6. The summed E-state index contributed by atoms with van der Waals surface area (Å²) in [4.78, 5) is 16.9. The molecule has 7 nitrogen and oxygen atoms in total. The molecule has 3 aromatic carbocycles. The molecule has 1 aliphatic rings. The summed E-state index contributed by atoms with van der Waals surface area (Å²) in [6.07, 6.45) is 0.647. The number of amides is 1. The topological polar surface area (TPSA) is 81.1 Å². The van der Waals surface area contributed by atoms with Gasteiger partial charge in [0.05, 0.1) is 12.1 Å². The van der Waals surface area contributed by atoms with E-state index in [4.69, 9.17) is 16.3 Å². The summed E-state index contributed by atoms with van der Waals surface area (Å²) >= 11 is 6.05. The summed E-state index contributed by atoms with van der Waals surface area (Å²) in [5.41, 5.74) is 1.92. The van der Waals surface area contributed by atoms with Crippen LogP contribution in [0.2, 0.25) is 5.02 Å². The van der Waals surface area contributed by atoms with Crippen molar-refractivity contribution in [3.05, 3.63) is 101 Å². The van der Waals surface area contributed by atoms with Gasteiger partial charge in [-0.05, 0) is 53.9 Å². The molecule has 4 aromatic rings. The van der Waals surface area contributed by atoms with E-state index < -0.39 is 0 Å². The number of fused-ring (bicyclic) bond motifs is 1. The van der Waals surface area contributed by atoms with Crippen LogP contribution in [-0.2, 0) is 4.79 Å². The van der Waals surface area contributed by atoms with E-state index in [1.165, 1.54) is 12.1 Å². The van der Waals surface area contributed by atoms with E-state index in [1.54, 1.807) is 28.9 Å². The van der Waals surface area contributed by atoms with Gasteiger partial charge in [0.1, 0.15) is 11.6 Å². The van der Waals surface area contributed by atoms with Crippen LogP contribution in [0.4, 0.5) is 16.3 Å². The van der Waals surface area contributed by atoms with Crippen molar-refractivity contribution in [1.82, 2.24) is 14.8 Å². The molecule has 1 aromatic heterocycles. The van der Waals surface area contributed by atoms with Gasteiger partial charge in [-0.25, -0.2) is 9.07 Å². The zero-order chi connectivity index (χ0) is 23.5. The Balaban J connectivity index is 1.38. The summed E-state index contributed by atoms with van der Waals surface area (Å²) in [5, 5.41) is 11.2. The first-order valence-corrected chi connectivity index (χ1v) is 11.1. The first kappa shape index (κ1) is 21.9. The van der Waals surface area contributed by atoms with E-state index in [-0.39, 0.29) is 36.4 Å². The number of benzene rings is 3. The lowest BCUT2D eigenvalue weighted by molar-refractivity contribution is -0.118. The highest BCUT2D eigenvalue weighted by atomic mass is 35.5. The maximum Gasteiger partial charge on any atom is 0.264 e. The Hall–Kier alpha value is -3.91. The summed E-state index contributed by atoms with van der Waals surface area (Å²) < 4.78 is 20.8. The predicted molar refractivity (Wildman–Crippen MR) is 128 cm³/mol. The lowest BCUT2D eigenvalue weighted by Gasteiger charge is -2.31. The Bertz CT molecular complexity index is 1280. The molecular weight excluding hydrogens is 457 g/mol. The van der Waals surface area contributed by atoms with Crippen LogP contribution in [0.1, 0.15) is 29.6 Å². The lowest BCUT2D eigenvalue weighted by atomic mass is 9.93. The highest BCUT2D eigenvalue weighted by Gasteiger charge is 2.31. The number of ether oxygens (including phenoxy) is 1. The maximum atomic E-state index is 13.6. The van der Waals surface area contributed by atoms with Gasteiger partial charge in [0.2, 0.25) is 5.95 Å². The Morgan fingerprint density at radius 1 is 1.06 bits per heavy atom. The summed E-state index contributed by atoms with van der Waals surface area (Å²) in [5.74, 6) is 0.572. The second-order valence-corrected chi connectivity index (χ2v) is 8.34. The van der Waals surface area contributed by atoms with Gasteiger partial charge in [-0.15, -0.1) is 5.10 Å². The third-order valence-electron chi connectivity index (χ3n) is 5.58.